The summed E-state index contributed by atoms with van der Waals surface area (Å²) in [6, 6.07) is 6.56. The Morgan fingerprint density at radius 3 is 2.62 bits per heavy atom. The molecule has 1 aromatic rings. The Bertz CT molecular complexity index is 429. The lowest BCUT2D eigenvalue weighted by atomic mass is 10.2. The van der Waals surface area contributed by atoms with Crippen molar-refractivity contribution in [2.45, 2.75) is 12.8 Å². The van der Waals surface area contributed by atoms with Crippen LogP contribution in [-0.2, 0) is 9.63 Å². The maximum absolute atomic E-state index is 11.5. The van der Waals surface area contributed by atoms with Crippen molar-refractivity contribution in [1.82, 2.24) is 5.48 Å². The molecule has 2 rings (SSSR count). The second-order valence-electron chi connectivity index (χ2n) is 3.61. The SMILES string of the molecule is O=C(NOC(=O)C1CC1)c1ccccc1Cl. The number of amides is 1. The van der Waals surface area contributed by atoms with E-state index in [0.717, 1.165) is 12.8 Å². The molecular weight excluding hydrogens is 230 g/mol. The van der Waals surface area contributed by atoms with Crippen LogP contribution in [0.2, 0.25) is 5.02 Å². The maximum Gasteiger partial charge on any atom is 0.335 e. The molecule has 0 bridgehead atoms. The lowest BCUT2D eigenvalue weighted by Crippen LogP contribution is -2.27. The van der Waals surface area contributed by atoms with Gasteiger partial charge < -0.3 is 4.84 Å². The fraction of sp³-hybridized carbons (Fsp3) is 0.273. The lowest BCUT2D eigenvalue weighted by Gasteiger charge is -2.05. The number of hydrogen-bond donors (Lipinski definition) is 1. The average Bonchev–Trinajstić information content (AvgIpc) is 3.10. The Hall–Kier alpha value is -1.55. The number of carbonyl (C=O) groups excluding carboxylic acids is 2. The number of halogens is 1. The monoisotopic (exact) mass is 239 g/mol. The van der Waals surface area contributed by atoms with Gasteiger partial charge in [-0.3, -0.25) is 4.79 Å². The summed E-state index contributed by atoms with van der Waals surface area (Å²) in [5.74, 6) is -0.952. The number of carbonyl (C=O) groups is 2. The van der Waals surface area contributed by atoms with Crippen LogP contribution in [0.4, 0.5) is 0 Å². The highest BCUT2D eigenvalue weighted by atomic mass is 35.5. The van der Waals surface area contributed by atoms with Crippen LogP contribution < -0.4 is 5.48 Å². The number of hydrogen-bond acceptors (Lipinski definition) is 3. The first-order valence-corrected chi connectivity index (χ1v) is 5.32. The van der Waals surface area contributed by atoms with Gasteiger partial charge in [-0.2, -0.15) is 5.48 Å². The molecule has 1 aliphatic rings. The van der Waals surface area contributed by atoms with E-state index in [-0.39, 0.29) is 17.5 Å². The molecular formula is C11H10ClNO3. The minimum Gasteiger partial charge on any atom is -0.340 e. The standard InChI is InChI=1S/C11H10ClNO3/c12-9-4-2-1-3-8(9)10(14)13-16-11(15)7-5-6-7/h1-4,7H,5-6H2,(H,13,14). The number of rotatable bonds is 2. The zero-order valence-corrected chi connectivity index (χ0v) is 9.16. The van der Waals surface area contributed by atoms with Gasteiger partial charge in [-0.15, -0.1) is 0 Å². The fourth-order valence-corrected chi connectivity index (χ4v) is 1.42. The van der Waals surface area contributed by atoms with Crippen molar-refractivity contribution in [2.75, 3.05) is 0 Å². The molecule has 0 spiro atoms. The summed E-state index contributed by atoms with van der Waals surface area (Å²) in [4.78, 5) is 27.3. The highest BCUT2D eigenvalue weighted by Crippen LogP contribution is 2.29. The molecule has 1 aliphatic carbocycles. The minimum absolute atomic E-state index is 0.0495. The van der Waals surface area contributed by atoms with E-state index in [2.05, 4.69) is 10.3 Å². The quantitative estimate of drug-likeness (QED) is 0.803. The highest BCUT2D eigenvalue weighted by Gasteiger charge is 2.32. The van der Waals surface area contributed by atoms with E-state index in [9.17, 15) is 9.59 Å². The molecule has 1 N–H and O–H groups in total. The largest absolute Gasteiger partial charge is 0.340 e. The lowest BCUT2D eigenvalue weighted by molar-refractivity contribution is -0.150. The Labute approximate surface area is 97.5 Å². The minimum atomic E-state index is -0.514. The van der Waals surface area contributed by atoms with E-state index in [1.165, 1.54) is 0 Å². The molecule has 1 fully saturated rings. The van der Waals surface area contributed by atoms with Crippen molar-refractivity contribution in [3.05, 3.63) is 34.9 Å². The van der Waals surface area contributed by atoms with Crippen molar-refractivity contribution >= 4 is 23.5 Å². The van der Waals surface area contributed by atoms with Gasteiger partial charge in [0, 0.05) is 0 Å². The van der Waals surface area contributed by atoms with E-state index in [1.807, 2.05) is 0 Å². The second-order valence-corrected chi connectivity index (χ2v) is 4.01. The molecule has 0 radical (unpaired) electrons. The van der Waals surface area contributed by atoms with Crippen LogP contribution in [0.15, 0.2) is 24.3 Å². The van der Waals surface area contributed by atoms with Crippen molar-refractivity contribution in [3.63, 3.8) is 0 Å². The molecule has 16 heavy (non-hydrogen) atoms. The Morgan fingerprint density at radius 2 is 2.00 bits per heavy atom. The zero-order chi connectivity index (χ0) is 11.5. The molecule has 0 saturated heterocycles. The van der Waals surface area contributed by atoms with Crippen molar-refractivity contribution in [1.29, 1.82) is 0 Å². The highest BCUT2D eigenvalue weighted by molar-refractivity contribution is 6.33. The summed E-state index contributed by atoms with van der Waals surface area (Å²) in [6.07, 6.45) is 1.67. The van der Waals surface area contributed by atoms with Crippen LogP contribution in [0.3, 0.4) is 0 Å². The molecule has 84 valence electrons. The molecule has 0 atom stereocenters. The van der Waals surface area contributed by atoms with Crippen LogP contribution in [0, 0.1) is 5.92 Å². The van der Waals surface area contributed by atoms with E-state index in [0.29, 0.717) is 5.02 Å². The predicted molar refractivity (Wildman–Crippen MR) is 57.7 cm³/mol. The van der Waals surface area contributed by atoms with Crippen LogP contribution >= 0.6 is 11.6 Å². The van der Waals surface area contributed by atoms with Gasteiger partial charge >= 0.3 is 5.97 Å². The van der Waals surface area contributed by atoms with Crippen molar-refractivity contribution in [3.8, 4) is 0 Å². The number of benzene rings is 1. The second kappa shape index (κ2) is 4.53. The average molecular weight is 240 g/mol. The fourth-order valence-electron chi connectivity index (χ4n) is 1.20. The summed E-state index contributed by atoms with van der Waals surface area (Å²) < 4.78 is 0. The van der Waals surface area contributed by atoms with Gasteiger partial charge in [0.15, 0.2) is 0 Å². The zero-order valence-electron chi connectivity index (χ0n) is 8.40. The topological polar surface area (TPSA) is 55.4 Å². The third-order valence-corrected chi connectivity index (χ3v) is 2.60. The predicted octanol–water partition coefficient (Wildman–Crippen LogP) is 1.94. The summed E-state index contributed by atoms with van der Waals surface area (Å²) >= 11 is 5.81. The molecule has 1 aromatic carbocycles. The third-order valence-electron chi connectivity index (χ3n) is 2.27. The van der Waals surface area contributed by atoms with Gasteiger partial charge in [-0.1, -0.05) is 23.7 Å². The normalized spacial score (nSPS) is 14.3. The first-order chi connectivity index (χ1) is 7.68. The molecule has 5 heteroatoms. The van der Waals surface area contributed by atoms with Crippen LogP contribution in [0.5, 0.6) is 0 Å². The summed E-state index contributed by atoms with van der Waals surface area (Å²) in [5, 5.41) is 0.322. The Balaban J connectivity index is 1.92. The van der Waals surface area contributed by atoms with Crippen molar-refractivity contribution < 1.29 is 14.4 Å². The summed E-state index contributed by atoms with van der Waals surface area (Å²) in [5.41, 5.74) is 2.37. The smallest absolute Gasteiger partial charge is 0.335 e. The molecule has 0 heterocycles. The maximum atomic E-state index is 11.5. The van der Waals surface area contributed by atoms with Crippen LogP contribution in [0.1, 0.15) is 23.2 Å². The van der Waals surface area contributed by atoms with E-state index < -0.39 is 5.91 Å². The van der Waals surface area contributed by atoms with Gasteiger partial charge in [0.05, 0.1) is 16.5 Å². The third kappa shape index (κ3) is 2.52. The molecule has 0 unspecified atom stereocenters. The van der Waals surface area contributed by atoms with E-state index in [4.69, 9.17) is 11.6 Å². The first-order valence-electron chi connectivity index (χ1n) is 4.94. The number of hydroxylamine groups is 1. The van der Waals surface area contributed by atoms with Crippen LogP contribution in [0.25, 0.3) is 0 Å². The summed E-state index contributed by atoms with van der Waals surface area (Å²) in [7, 11) is 0. The molecule has 1 amide bonds. The summed E-state index contributed by atoms with van der Waals surface area (Å²) in [6.45, 7) is 0. The first kappa shape index (κ1) is 11.0. The van der Waals surface area contributed by atoms with Gasteiger partial charge in [0.2, 0.25) is 0 Å². The van der Waals surface area contributed by atoms with Gasteiger partial charge in [-0.05, 0) is 25.0 Å². The van der Waals surface area contributed by atoms with Gasteiger partial charge in [0.25, 0.3) is 5.91 Å². The Morgan fingerprint density at radius 1 is 1.31 bits per heavy atom. The van der Waals surface area contributed by atoms with Crippen molar-refractivity contribution in [2.24, 2.45) is 5.92 Å². The van der Waals surface area contributed by atoms with Crippen LogP contribution in [-0.4, -0.2) is 11.9 Å². The Kier molecular flexibility index (Phi) is 3.10. The number of nitrogens with one attached hydrogen (secondary N) is 1. The molecule has 0 aliphatic heterocycles. The van der Waals surface area contributed by atoms with E-state index in [1.54, 1.807) is 24.3 Å². The van der Waals surface area contributed by atoms with Gasteiger partial charge in [0.1, 0.15) is 0 Å². The van der Waals surface area contributed by atoms with Gasteiger partial charge in [-0.25, -0.2) is 4.79 Å². The molecule has 4 nitrogen and oxygen atoms in total. The molecule has 1 saturated carbocycles. The van der Waals surface area contributed by atoms with E-state index >= 15 is 0 Å². The molecule has 0 aromatic heterocycles.